The molecule has 2 atom stereocenters. The van der Waals surface area contributed by atoms with Gasteiger partial charge in [0, 0.05) is 17.4 Å². The summed E-state index contributed by atoms with van der Waals surface area (Å²) in [4.78, 5) is 0. The molecule has 1 aromatic carbocycles. The fourth-order valence-electron chi connectivity index (χ4n) is 2.06. The minimum absolute atomic E-state index is 0.687. The lowest BCUT2D eigenvalue weighted by atomic mass is 10.2. The van der Waals surface area contributed by atoms with Gasteiger partial charge >= 0.3 is 0 Å². The summed E-state index contributed by atoms with van der Waals surface area (Å²) >= 11 is 0. The van der Waals surface area contributed by atoms with Gasteiger partial charge < -0.3 is 11.1 Å². The lowest BCUT2D eigenvalue weighted by Gasteiger charge is -2.08. The van der Waals surface area contributed by atoms with Crippen LogP contribution in [0, 0.1) is 12.8 Å². The molecule has 0 heterocycles. The van der Waals surface area contributed by atoms with Crippen molar-refractivity contribution < 1.29 is 0 Å². The first-order chi connectivity index (χ1) is 7.20. The molecule has 1 saturated carbocycles. The molecule has 1 aromatic rings. The van der Waals surface area contributed by atoms with Crippen LogP contribution in [0.25, 0.3) is 0 Å². The highest BCUT2D eigenvalue weighted by Gasteiger charge is 2.35. The summed E-state index contributed by atoms with van der Waals surface area (Å²) in [6.45, 7) is 4.29. The number of nitrogen functional groups attached to an aromatic ring is 1. The van der Waals surface area contributed by atoms with Crippen LogP contribution in [0.2, 0.25) is 0 Å². The summed E-state index contributed by atoms with van der Waals surface area (Å²) in [5.41, 5.74) is 9.07. The number of anilines is 2. The number of nitrogens with one attached hydrogen (secondary N) is 1. The summed E-state index contributed by atoms with van der Waals surface area (Å²) in [5.74, 6) is 0.887. The van der Waals surface area contributed by atoms with Crippen molar-refractivity contribution in [2.45, 2.75) is 39.2 Å². The van der Waals surface area contributed by atoms with E-state index in [0.717, 1.165) is 17.2 Å². The molecule has 3 N–H and O–H groups in total. The largest absolute Gasteiger partial charge is 0.398 e. The molecule has 0 saturated heterocycles. The van der Waals surface area contributed by atoms with Crippen LogP contribution in [0.4, 0.5) is 11.4 Å². The van der Waals surface area contributed by atoms with Gasteiger partial charge in [0.1, 0.15) is 0 Å². The predicted octanol–water partition coefficient (Wildman–Crippen LogP) is 3.18. The zero-order chi connectivity index (χ0) is 10.8. The van der Waals surface area contributed by atoms with Gasteiger partial charge in [-0.3, -0.25) is 0 Å². The first-order valence-corrected chi connectivity index (χ1v) is 5.83. The molecule has 2 unspecified atom stereocenters. The maximum Gasteiger partial charge on any atom is 0.0364 e. The average molecular weight is 204 g/mol. The first-order valence-electron chi connectivity index (χ1n) is 5.83. The minimum atomic E-state index is 0.687. The summed E-state index contributed by atoms with van der Waals surface area (Å²) in [5, 5.41) is 3.54. The number of nitrogens with two attached hydrogens (primary N) is 1. The van der Waals surface area contributed by atoms with Gasteiger partial charge in [0.05, 0.1) is 0 Å². The van der Waals surface area contributed by atoms with Crippen LogP contribution in [0.3, 0.4) is 0 Å². The quantitative estimate of drug-likeness (QED) is 0.739. The van der Waals surface area contributed by atoms with Crippen LogP contribution in [-0.2, 0) is 0 Å². The molecule has 2 heteroatoms. The van der Waals surface area contributed by atoms with E-state index in [2.05, 4.69) is 24.4 Å². The van der Waals surface area contributed by atoms with Crippen LogP contribution in [0.1, 0.15) is 31.7 Å². The van der Waals surface area contributed by atoms with Crippen molar-refractivity contribution in [3.8, 4) is 0 Å². The number of hydrogen-bond donors (Lipinski definition) is 2. The second kappa shape index (κ2) is 4.13. The van der Waals surface area contributed by atoms with Crippen LogP contribution >= 0.6 is 0 Å². The molecule has 0 aromatic heterocycles. The fourth-order valence-corrected chi connectivity index (χ4v) is 2.06. The monoisotopic (exact) mass is 204 g/mol. The van der Waals surface area contributed by atoms with E-state index in [4.69, 9.17) is 5.73 Å². The molecule has 0 aliphatic heterocycles. The Hall–Kier alpha value is -1.18. The molecular formula is C13H20N2. The van der Waals surface area contributed by atoms with Gasteiger partial charge in [-0.15, -0.1) is 0 Å². The van der Waals surface area contributed by atoms with E-state index < -0.39 is 0 Å². The van der Waals surface area contributed by atoms with Crippen LogP contribution in [-0.4, -0.2) is 6.04 Å². The van der Waals surface area contributed by atoms with Crippen molar-refractivity contribution in [2.24, 2.45) is 5.92 Å². The minimum Gasteiger partial charge on any atom is -0.398 e. The second-order valence-electron chi connectivity index (χ2n) is 4.61. The Morgan fingerprint density at radius 2 is 2.27 bits per heavy atom. The van der Waals surface area contributed by atoms with Crippen molar-refractivity contribution in [2.75, 3.05) is 11.1 Å². The number of rotatable bonds is 4. The first kappa shape index (κ1) is 10.3. The van der Waals surface area contributed by atoms with E-state index in [1.807, 2.05) is 13.0 Å². The number of aryl methyl sites for hydroxylation is 1. The molecule has 0 bridgehead atoms. The molecule has 0 radical (unpaired) electrons. The molecule has 1 aliphatic rings. The Morgan fingerprint density at radius 3 is 2.93 bits per heavy atom. The molecular weight excluding hydrogens is 184 g/mol. The maximum atomic E-state index is 5.87. The third-order valence-electron chi connectivity index (χ3n) is 3.21. The fraction of sp³-hybridized carbons (Fsp3) is 0.538. The van der Waals surface area contributed by atoms with Crippen molar-refractivity contribution >= 4 is 11.4 Å². The molecule has 0 amide bonds. The number of hydrogen-bond acceptors (Lipinski definition) is 2. The predicted molar refractivity (Wildman–Crippen MR) is 66.0 cm³/mol. The SMILES string of the molecule is CCCC1CC1Nc1ccc(C)c(N)c1. The van der Waals surface area contributed by atoms with E-state index in [1.165, 1.54) is 24.9 Å². The Morgan fingerprint density at radius 1 is 1.47 bits per heavy atom. The average Bonchev–Trinajstić information content (AvgIpc) is 2.91. The standard InChI is InChI=1S/C13H20N2/c1-3-4-10-7-13(10)15-11-6-5-9(2)12(14)8-11/h5-6,8,10,13,15H,3-4,7,14H2,1-2H3. The van der Waals surface area contributed by atoms with Gasteiger partial charge in [0.25, 0.3) is 0 Å². The zero-order valence-corrected chi connectivity index (χ0v) is 9.59. The van der Waals surface area contributed by atoms with Gasteiger partial charge in [0.15, 0.2) is 0 Å². The topological polar surface area (TPSA) is 38.0 Å². The highest BCUT2D eigenvalue weighted by atomic mass is 15.0. The van der Waals surface area contributed by atoms with Crippen molar-refractivity contribution in [1.82, 2.24) is 0 Å². The second-order valence-corrected chi connectivity index (χ2v) is 4.61. The number of benzene rings is 1. The van der Waals surface area contributed by atoms with E-state index in [9.17, 15) is 0 Å². The lowest BCUT2D eigenvalue weighted by Crippen LogP contribution is -2.05. The molecule has 15 heavy (non-hydrogen) atoms. The van der Waals surface area contributed by atoms with E-state index in [0.29, 0.717) is 6.04 Å². The third kappa shape index (κ3) is 2.44. The van der Waals surface area contributed by atoms with Crippen LogP contribution in [0.15, 0.2) is 18.2 Å². The highest BCUT2D eigenvalue weighted by Crippen LogP contribution is 2.37. The Labute approximate surface area is 91.9 Å². The van der Waals surface area contributed by atoms with Crippen LogP contribution < -0.4 is 11.1 Å². The van der Waals surface area contributed by atoms with Gasteiger partial charge in [-0.25, -0.2) is 0 Å². The lowest BCUT2D eigenvalue weighted by molar-refractivity contribution is 0.693. The zero-order valence-electron chi connectivity index (χ0n) is 9.59. The summed E-state index contributed by atoms with van der Waals surface area (Å²) in [6, 6.07) is 6.92. The molecule has 2 rings (SSSR count). The molecule has 2 nitrogen and oxygen atoms in total. The van der Waals surface area contributed by atoms with Gasteiger partial charge in [-0.05, 0) is 43.4 Å². The normalized spacial score (nSPS) is 23.9. The van der Waals surface area contributed by atoms with E-state index in [-0.39, 0.29) is 0 Å². The molecule has 1 fully saturated rings. The summed E-state index contributed by atoms with van der Waals surface area (Å²) < 4.78 is 0. The molecule has 1 aliphatic carbocycles. The smallest absolute Gasteiger partial charge is 0.0364 e. The van der Waals surface area contributed by atoms with E-state index >= 15 is 0 Å². The van der Waals surface area contributed by atoms with Crippen LogP contribution in [0.5, 0.6) is 0 Å². The van der Waals surface area contributed by atoms with Gasteiger partial charge in [-0.2, -0.15) is 0 Å². The third-order valence-corrected chi connectivity index (χ3v) is 3.21. The van der Waals surface area contributed by atoms with Gasteiger partial charge in [-0.1, -0.05) is 19.4 Å². The van der Waals surface area contributed by atoms with Crippen molar-refractivity contribution in [1.29, 1.82) is 0 Å². The summed E-state index contributed by atoms with van der Waals surface area (Å²) in [7, 11) is 0. The Bertz CT molecular complexity index is 346. The van der Waals surface area contributed by atoms with E-state index in [1.54, 1.807) is 0 Å². The molecule has 82 valence electrons. The summed E-state index contributed by atoms with van der Waals surface area (Å²) in [6.07, 6.45) is 3.96. The molecule has 0 spiro atoms. The van der Waals surface area contributed by atoms with Crippen molar-refractivity contribution in [3.63, 3.8) is 0 Å². The van der Waals surface area contributed by atoms with Gasteiger partial charge in [0.2, 0.25) is 0 Å². The Balaban J connectivity index is 1.92. The van der Waals surface area contributed by atoms with Crippen molar-refractivity contribution in [3.05, 3.63) is 23.8 Å². The Kier molecular flexibility index (Phi) is 2.85. The maximum absolute atomic E-state index is 5.87. The highest BCUT2D eigenvalue weighted by molar-refractivity contribution is 5.59.